The van der Waals surface area contributed by atoms with Crippen LogP contribution in [0.5, 0.6) is 0 Å². The smallest absolute Gasteiger partial charge is 0.331 e. The molecule has 0 radical (unpaired) electrons. The molecule has 1 N–H and O–H groups in total. The number of aliphatic hydroxyl groups excluding tert-OH is 1. The maximum absolute atomic E-state index is 11.8. The van der Waals surface area contributed by atoms with Crippen LogP contribution in [0.4, 0.5) is 0 Å². The molecule has 0 amide bonds. The highest BCUT2D eigenvalue weighted by molar-refractivity contribution is 5.91. The van der Waals surface area contributed by atoms with Crippen LogP contribution in [0.2, 0.25) is 0 Å². The summed E-state index contributed by atoms with van der Waals surface area (Å²) in [5.74, 6) is 3.53. The van der Waals surface area contributed by atoms with Gasteiger partial charge in [0.25, 0.3) is 0 Å². The highest BCUT2D eigenvalue weighted by Gasteiger charge is 2.54. The van der Waals surface area contributed by atoms with Gasteiger partial charge in [0, 0.05) is 6.42 Å². The zero-order chi connectivity index (χ0) is 18.3. The van der Waals surface area contributed by atoms with Crippen molar-refractivity contribution in [1.82, 2.24) is 0 Å². The minimum atomic E-state index is -0.519. The summed E-state index contributed by atoms with van der Waals surface area (Å²) in [4.78, 5) is 22.9. The third kappa shape index (κ3) is 3.26. The molecule has 6 atom stereocenters. The summed E-state index contributed by atoms with van der Waals surface area (Å²) in [6, 6.07) is 0. The van der Waals surface area contributed by atoms with Crippen LogP contribution in [0.1, 0.15) is 64.7 Å². The predicted octanol–water partition coefficient (Wildman–Crippen LogP) is 3.67. The van der Waals surface area contributed by atoms with Crippen molar-refractivity contribution in [3.63, 3.8) is 0 Å². The second-order valence-electron chi connectivity index (χ2n) is 9.47. The molecule has 144 valence electrons. The third-order valence-electron chi connectivity index (χ3n) is 8.08. The minimum absolute atomic E-state index is 0.341. The summed E-state index contributed by atoms with van der Waals surface area (Å²) in [6.45, 7) is 2.41. The van der Waals surface area contributed by atoms with Crippen molar-refractivity contribution < 1.29 is 19.4 Å². The Balaban J connectivity index is 1.42. The van der Waals surface area contributed by atoms with Crippen molar-refractivity contribution in [2.45, 2.75) is 64.7 Å². The van der Waals surface area contributed by atoms with E-state index in [1.165, 1.54) is 37.7 Å². The Morgan fingerprint density at radius 1 is 1.27 bits per heavy atom. The molecule has 0 unspecified atom stereocenters. The molecule has 0 aliphatic heterocycles. The normalized spacial score (nSPS) is 41.7. The number of carbonyl (C=O) groups is 2. The molecule has 4 heteroatoms. The maximum Gasteiger partial charge on any atom is 0.331 e. The lowest BCUT2D eigenvalue weighted by Gasteiger charge is -2.52. The number of fused-ring (bicyclic) bond motifs is 5. The summed E-state index contributed by atoms with van der Waals surface area (Å²) in [6.07, 6.45) is 12.3. The Labute approximate surface area is 156 Å². The molecule has 4 aliphatic carbocycles. The van der Waals surface area contributed by atoms with Crippen molar-refractivity contribution in [3.05, 3.63) is 11.6 Å². The van der Waals surface area contributed by atoms with E-state index in [1.54, 1.807) is 0 Å². The van der Waals surface area contributed by atoms with Gasteiger partial charge in [0.05, 0.1) is 6.61 Å². The Hall–Kier alpha value is -1.16. The molecule has 4 aliphatic rings. The number of ketones is 1. The Morgan fingerprint density at radius 2 is 2.12 bits per heavy atom. The monoisotopic (exact) mass is 360 g/mol. The quantitative estimate of drug-likeness (QED) is 0.777. The lowest BCUT2D eigenvalue weighted by atomic mass is 9.52. The van der Waals surface area contributed by atoms with Crippen molar-refractivity contribution in [3.8, 4) is 0 Å². The summed E-state index contributed by atoms with van der Waals surface area (Å²) in [7, 11) is 0. The van der Waals surface area contributed by atoms with Gasteiger partial charge in [-0.05, 0) is 92.4 Å². The first-order valence-corrected chi connectivity index (χ1v) is 10.5. The lowest BCUT2D eigenvalue weighted by Crippen LogP contribution is -2.44. The molecule has 3 fully saturated rings. The molecule has 0 aromatic heterocycles. The molecule has 26 heavy (non-hydrogen) atoms. The summed E-state index contributed by atoms with van der Waals surface area (Å²) >= 11 is 0. The van der Waals surface area contributed by atoms with E-state index in [1.807, 2.05) is 6.08 Å². The molecule has 4 rings (SSSR count). The Kier molecular flexibility index (Phi) is 4.98. The predicted molar refractivity (Wildman–Crippen MR) is 98.2 cm³/mol. The van der Waals surface area contributed by atoms with Crippen molar-refractivity contribution >= 4 is 11.8 Å². The number of rotatable bonds is 4. The van der Waals surface area contributed by atoms with Gasteiger partial charge < -0.3 is 9.84 Å². The van der Waals surface area contributed by atoms with E-state index in [0.29, 0.717) is 29.6 Å². The summed E-state index contributed by atoms with van der Waals surface area (Å²) in [5.41, 5.74) is 1.90. The van der Waals surface area contributed by atoms with E-state index in [4.69, 9.17) is 9.84 Å². The first-order chi connectivity index (χ1) is 12.5. The zero-order valence-corrected chi connectivity index (χ0v) is 15.9. The number of ether oxygens (including phenoxy) is 1. The van der Waals surface area contributed by atoms with Gasteiger partial charge >= 0.3 is 5.97 Å². The molecule has 0 saturated heterocycles. The fourth-order valence-corrected chi connectivity index (χ4v) is 6.99. The first kappa shape index (κ1) is 18.2. The van der Waals surface area contributed by atoms with Crippen LogP contribution in [-0.2, 0) is 14.3 Å². The van der Waals surface area contributed by atoms with Crippen LogP contribution < -0.4 is 0 Å². The Bertz CT molecular complexity index is 609. The van der Waals surface area contributed by atoms with Crippen molar-refractivity contribution in [1.29, 1.82) is 0 Å². The number of esters is 1. The molecule has 0 heterocycles. The topological polar surface area (TPSA) is 63.6 Å². The van der Waals surface area contributed by atoms with E-state index < -0.39 is 12.6 Å². The molecule has 4 nitrogen and oxygen atoms in total. The standard InChI is InChI=1S/C22H32O4/c1-22-8-6-18-17-5-3-16(24)11-15(17)2-4-19(18)20(22)10-14(12-22)7-9-26-21(25)13-23/h11,14,17-20,23H,2-10,12-13H2,1H3/t14-,17-,18+,19+,20-,22+/m0/s1. The van der Waals surface area contributed by atoms with Crippen LogP contribution in [0.3, 0.4) is 0 Å². The fourth-order valence-electron chi connectivity index (χ4n) is 6.99. The minimum Gasteiger partial charge on any atom is -0.464 e. The molecule has 3 saturated carbocycles. The van der Waals surface area contributed by atoms with E-state index in [0.717, 1.165) is 43.4 Å². The molecule has 0 aromatic rings. The second kappa shape index (κ2) is 7.10. The van der Waals surface area contributed by atoms with Crippen molar-refractivity contribution in [2.24, 2.45) is 35.0 Å². The highest BCUT2D eigenvalue weighted by atomic mass is 16.5. The van der Waals surface area contributed by atoms with Crippen molar-refractivity contribution in [2.75, 3.05) is 13.2 Å². The summed E-state index contributed by atoms with van der Waals surface area (Å²) < 4.78 is 5.10. The van der Waals surface area contributed by atoms with E-state index >= 15 is 0 Å². The van der Waals surface area contributed by atoms with E-state index in [2.05, 4.69) is 6.92 Å². The SMILES string of the molecule is C[C@]12CC[C@H]3[C@@H](CCC4=CC(=O)CC[C@@H]43)[C@@H]1C[C@H](CCOC(=O)CO)C2. The van der Waals surface area contributed by atoms with Gasteiger partial charge in [0.2, 0.25) is 0 Å². The van der Waals surface area contributed by atoms with Gasteiger partial charge in [-0.3, -0.25) is 4.79 Å². The van der Waals surface area contributed by atoms with Crippen LogP contribution in [-0.4, -0.2) is 30.1 Å². The molecule has 0 spiro atoms. The zero-order valence-electron chi connectivity index (χ0n) is 15.9. The number of hydrogen-bond acceptors (Lipinski definition) is 4. The van der Waals surface area contributed by atoms with Gasteiger partial charge in [0.15, 0.2) is 5.78 Å². The van der Waals surface area contributed by atoms with Crippen LogP contribution >= 0.6 is 0 Å². The van der Waals surface area contributed by atoms with E-state index in [-0.39, 0.29) is 0 Å². The van der Waals surface area contributed by atoms with Gasteiger partial charge in [-0.2, -0.15) is 0 Å². The number of aliphatic hydroxyl groups is 1. The third-order valence-corrected chi connectivity index (χ3v) is 8.08. The van der Waals surface area contributed by atoms with Gasteiger partial charge in [-0.1, -0.05) is 12.5 Å². The lowest BCUT2D eigenvalue weighted by molar-refractivity contribution is -0.147. The maximum atomic E-state index is 11.8. The van der Waals surface area contributed by atoms with Gasteiger partial charge in [-0.25, -0.2) is 4.79 Å². The molecule has 0 bridgehead atoms. The van der Waals surface area contributed by atoms with Crippen LogP contribution in [0.15, 0.2) is 11.6 Å². The largest absolute Gasteiger partial charge is 0.464 e. The molecular formula is C22H32O4. The average molecular weight is 360 g/mol. The fraction of sp³-hybridized carbons (Fsp3) is 0.818. The first-order valence-electron chi connectivity index (χ1n) is 10.5. The molecule has 0 aromatic carbocycles. The van der Waals surface area contributed by atoms with Crippen LogP contribution in [0, 0.1) is 35.0 Å². The summed E-state index contributed by atoms with van der Waals surface area (Å²) in [5, 5.41) is 8.78. The van der Waals surface area contributed by atoms with Gasteiger partial charge in [-0.15, -0.1) is 0 Å². The number of allylic oxidation sites excluding steroid dienone is 1. The van der Waals surface area contributed by atoms with E-state index in [9.17, 15) is 9.59 Å². The number of carbonyl (C=O) groups excluding carboxylic acids is 2. The molecular weight excluding hydrogens is 328 g/mol. The second-order valence-corrected chi connectivity index (χ2v) is 9.47. The van der Waals surface area contributed by atoms with Crippen LogP contribution in [0.25, 0.3) is 0 Å². The highest BCUT2D eigenvalue weighted by Crippen LogP contribution is 2.63. The van der Waals surface area contributed by atoms with Gasteiger partial charge in [0.1, 0.15) is 6.61 Å². The Morgan fingerprint density at radius 3 is 2.92 bits per heavy atom. The number of hydrogen-bond donors (Lipinski definition) is 1. The average Bonchev–Trinajstić information content (AvgIpc) is 2.97.